The molecule has 2 unspecified atom stereocenters. The Morgan fingerprint density at radius 2 is 2.00 bits per heavy atom. The number of amides is 1. The first-order valence-electron chi connectivity index (χ1n) is 8.01. The van der Waals surface area contributed by atoms with Gasteiger partial charge in [0.1, 0.15) is 0 Å². The predicted molar refractivity (Wildman–Crippen MR) is 88.7 cm³/mol. The van der Waals surface area contributed by atoms with E-state index in [1.54, 1.807) is 0 Å². The fraction of sp³-hybridized carbons (Fsp3) is 0.588. The molecule has 4 heteroatoms. The van der Waals surface area contributed by atoms with Crippen molar-refractivity contribution in [2.45, 2.75) is 42.8 Å². The van der Waals surface area contributed by atoms with E-state index in [9.17, 15) is 4.79 Å². The molecule has 2 fully saturated rings. The maximum atomic E-state index is 12.5. The van der Waals surface area contributed by atoms with Gasteiger partial charge < -0.3 is 10.6 Å². The Kier molecular flexibility index (Phi) is 4.86. The Hall–Kier alpha value is -1.00. The third-order valence-corrected chi connectivity index (χ3v) is 6.01. The maximum Gasteiger partial charge on any atom is 0.229 e. The second-order valence-electron chi connectivity index (χ2n) is 6.25. The van der Waals surface area contributed by atoms with Gasteiger partial charge in [-0.2, -0.15) is 0 Å². The van der Waals surface area contributed by atoms with Gasteiger partial charge in [-0.3, -0.25) is 4.79 Å². The van der Waals surface area contributed by atoms with Gasteiger partial charge in [0.2, 0.25) is 5.91 Å². The number of hydrogen-bond donors (Lipinski definition) is 2. The smallest absolute Gasteiger partial charge is 0.229 e. The molecule has 2 N–H and O–H groups in total. The Labute approximate surface area is 131 Å². The number of anilines is 1. The van der Waals surface area contributed by atoms with E-state index < -0.39 is 0 Å². The number of carbonyl (C=O) groups excluding carboxylic acids is 1. The molecule has 1 saturated carbocycles. The number of para-hydroxylation sites is 1. The van der Waals surface area contributed by atoms with Gasteiger partial charge in [-0.25, -0.2) is 0 Å². The first-order chi connectivity index (χ1) is 10.2. The van der Waals surface area contributed by atoms with Crippen molar-refractivity contribution in [1.29, 1.82) is 0 Å². The Bertz CT molecular complexity index is 499. The van der Waals surface area contributed by atoms with Crippen molar-refractivity contribution < 1.29 is 4.79 Å². The van der Waals surface area contributed by atoms with Crippen LogP contribution in [0.5, 0.6) is 0 Å². The van der Waals surface area contributed by atoms with Gasteiger partial charge in [0.15, 0.2) is 0 Å². The minimum absolute atomic E-state index is 0.0922. The largest absolute Gasteiger partial charge is 0.325 e. The summed E-state index contributed by atoms with van der Waals surface area (Å²) in [6.07, 6.45) is 5.29. The number of carbonyl (C=O) groups is 1. The molecule has 1 heterocycles. The van der Waals surface area contributed by atoms with Crippen LogP contribution in [0.25, 0.3) is 0 Å². The van der Waals surface area contributed by atoms with Gasteiger partial charge >= 0.3 is 0 Å². The zero-order valence-electron chi connectivity index (χ0n) is 12.6. The van der Waals surface area contributed by atoms with Crippen molar-refractivity contribution in [2.24, 2.45) is 11.8 Å². The molecule has 1 saturated heterocycles. The number of rotatable bonds is 4. The molecule has 2 atom stereocenters. The average Bonchev–Trinajstić information content (AvgIpc) is 3.12. The van der Waals surface area contributed by atoms with E-state index in [0.29, 0.717) is 5.92 Å². The normalized spacial score (nSPS) is 26.1. The molecule has 1 aliphatic heterocycles. The van der Waals surface area contributed by atoms with Crippen LogP contribution in [-0.4, -0.2) is 24.2 Å². The lowest BCUT2D eigenvalue weighted by Gasteiger charge is -2.17. The van der Waals surface area contributed by atoms with Gasteiger partial charge in [0.25, 0.3) is 0 Å². The lowest BCUT2D eigenvalue weighted by molar-refractivity contribution is -0.120. The number of nitrogens with one attached hydrogen (secondary N) is 2. The number of thioether (sulfide) groups is 1. The Balaban J connectivity index is 1.68. The Morgan fingerprint density at radius 3 is 2.71 bits per heavy atom. The summed E-state index contributed by atoms with van der Waals surface area (Å²) in [5, 5.41) is 7.17. The molecule has 1 aromatic carbocycles. The third kappa shape index (κ3) is 3.61. The van der Waals surface area contributed by atoms with Gasteiger partial charge in [-0.1, -0.05) is 31.9 Å². The molecule has 3 nitrogen and oxygen atoms in total. The van der Waals surface area contributed by atoms with Crippen LogP contribution in [-0.2, 0) is 4.79 Å². The molecule has 0 radical (unpaired) electrons. The van der Waals surface area contributed by atoms with Crippen molar-refractivity contribution in [3.05, 3.63) is 24.3 Å². The van der Waals surface area contributed by atoms with Crippen LogP contribution in [0.1, 0.15) is 32.6 Å². The highest BCUT2D eigenvalue weighted by Crippen LogP contribution is 2.38. The van der Waals surface area contributed by atoms with Crippen LogP contribution in [0.3, 0.4) is 0 Å². The minimum atomic E-state index is 0.0922. The number of hydrogen-bond acceptors (Lipinski definition) is 3. The monoisotopic (exact) mass is 304 g/mol. The highest BCUT2D eigenvalue weighted by atomic mass is 32.2. The van der Waals surface area contributed by atoms with Crippen molar-refractivity contribution in [2.75, 3.05) is 18.4 Å². The quantitative estimate of drug-likeness (QED) is 0.894. The maximum absolute atomic E-state index is 12.5. The molecule has 0 bridgehead atoms. The van der Waals surface area contributed by atoms with Gasteiger partial charge in [0, 0.05) is 16.7 Å². The number of benzene rings is 1. The SMILES string of the molecule is CC1CNCC1C(=O)Nc1ccccc1SC1CCCC1. The van der Waals surface area contributed by atoms with E-state index in [0.717, 1.165) is 24.0 Å². The summed E-state index contributed by atoms with van der Waals surface area (Å²) >= 11 is 1.93. The summed E-state index contributed by atoms with van der Waals surface area (Å²) in [7, 11) is 0. The summed E-state index contributed by atoms with van der Waals surface area (Å²) < 4.78 is 0. The summed E-state index contributed by atoms with van der Waals surface area (Å²) in [5.74, 6) is 0.668. The minimum Gasteiger partial charge on any atom is -0.325 e. The second-order valence-corrected chi connectivity index (χ2v) is 7.59. The highest BCUT2D eigenvalue weighted by Gasteiger charge is 2.30. The first kappa shape index (κ1) is 14.9. The lowest BCUT2D eigenvalue weighted by Crippen LogP contribution is -2.28. The average molecular weight is 304 g/mol. The van der Waals surface area contributed by atoms with Crippen molar-refractivity contribution in [1.82, 2.24) is 5.32 Å². The predicted octanol–water partition coefficient (Wildman–Crippen LogP) is 3.52. The van der Waals surface area contributed by atoms with E-state index in [4.69, 9.17) is 0 Å². The van der Waals surface area contributed by atoms with E-state index in [1.807, 2.05) is 23.9 Å². The highest BCUT2D eigenvalue weighted by molar-refractivity contribution is 8.00. The first-order valence-corrected chi connectivity index (χ1v) is 8.89. The molecule has 2 aliphatic rings. The summed E-state index contributed by atoms with van der Waals surface area (Å²) in [6.45, 7) is 3.88. The summed E-state index contributed by atoms with van der Waals surface area (Å²) in [5.41, 5.74) is 0.985. The van der Waals surface area contributed by atoms with Crippen LogP contribution in [0.4, 0.5) is 5.69 Å². The fourth-order valence-electron chi connectivity index (χ4n) is 3.24. The van der Waals surface area contributed by atoms with E-state index in [-0.39, 0.29) is 11.8 Å². The fourth-order valence-corrected chi connectivity index (χ4v) is 4.58. The molecular formula is C17H24N2OS. The Morgan fingerprint density at radius 1 is 1.24 bits per heavy atom. The summed E-state index contributed by atoms with van der Waals surface area (Å²) in [4.78, 5) is 13.7. The molecule has 0 aromatic heterocycles. The lowest BCUT2D eigenvalue weighted by atomic mass is 9.97. The van der Waals surface area contributed by atoms with Crippen molar-refractivity contribution in [3.63, 3.8) is 0 Å². The van der Waals surface area contributed by atoms with E-state index in [2.05, 4.69) is 29.7 Å². The van der Waals surface area contributed by atoms with E-state index >= 15 is 0 Å². The molecule has 0 spiro atoms. The molecular weight excluding hydrogens is 280 g/mol. The van der Waals surface area contributed by atoms with Crippen LogP contribution in [0, 0.1) is 11.8 Å². The zero-order valence-corrected chi connectivity index (χ0v) is 13.4. The van der Waals surface area contributed by atoms with Crippen molar-refractivity contribution >= 4 is 23.4 Å². The van der Waals surface area contributed by atoms with E-state index in [1.165, 1.54) is 30.6 Å². The van der Waals surface area contributed by atoms with Crippen molar-refractivity contribution in [3.8, 4) is 0 Å². The zero-order chi connectivity index (χ0) is 14.7. The van der Waals surface area contributed by atoms with Crippen LogP contribution < -0.4 is 10.6 Å². The van der Waals surface area contributed by atoms with Gasteiger partial charge in [-0.15, -0.1) is 11.8 Å². The van der Waals surface area contributed by atoms with Crippen LogP contribution in [0.15, 0.2) is 29.2 Å². The molecule has 21 heavy (non-hydrogen) atoms. The third-order valence-electron chi connectivity index (χ3n) is 4.59. The second kappa shape index (κ2) is 6.84. The molecule has 114 valence electrons. The van der Waals surface area contributed by atoms with Crippen LogP contribution in [0.2, 0.25) is 0 Å². The summed E-state index contributed by atoms with van der Waals surface area (Å²) in [6, 6.07) is 8.23. The van der Waals surface area contributed by atoms with Gasteiger partial charge in [-0.05, 0) is 37.4 Å². The molecule has 1 aromatic rings. The topological polar surface area (TPSA) is 41.1 Å². The van der Waals surface area contributed by atoms with Gasteiger partial charge in [0.05, 0.1) is 11.6 Å². The molecule has 1 aliphatic carbocycles. The molecule has 3 rings (SSSR count). The standard InChI is InChI=1S/C17H24N2OS/c1-12-10-18-11-14(12)17(20)19-15-8-4-5-9-16(15)21-13-6-2-3-7-13/h4-5,8-9,12-14,18H,2-3,6-7,10-11H2,1H3,(H,19,20). The molecule has 1 amide bonds. The van der Waals surface area contributed by atoms with Crippen LogP contribution >= 0.6 is 11.8 Å².